The third kappa shape index (κ3) is 6.52. The number of carbonyl (C=O) groups is 3. The molecule has 0 fully saturated rings. The number of carboxylic acid groups (broad SMARTS) is 1. The number of ether oxygens (including phenoxy) is 1. The molecular formula is C10H18N2O5. The molecule has 0 bridgehead atoms. The van der Waals surface area contributed by atoms with Crippen LogP contribution in [0.2, 0.25) is 0 Å². The number of nitrogens with one attached hydrogen (secondary N) is 1. The lowest BCUT2D eigenvalue weighted by Crippen LogP contribution is -2.48. The predicted octanol–water partition coefficient (Wildman–Crippen LogP) is -0.754. The second-order valence-corrected chi connectivity index (χ2v) is 3.53. The number of esters is 1. The zero-order valence-corrected chi connectivity index (χ0v) is 9.93. The van der Waals surface area contributed by atoms with Gasteiger partial charge in [-0.05, 0) is 20.3 Å². The highest BCUT2D eigenvalue weighted by Gasteiger charge is 2.23. The van der Waals surface area contributed by atoms with Crippen LogP contribution in [0.3, 0.4) is 0 Å². The van der Waals surface area contributed by atoms with Gasteiger partial charge in [-0.15, -0.1) is 0 Å². The summed E-state index contributed by atoms with van der Waals surface area (Å²) in [6.45, 7) is 3.25. The van der Waals surface area contributed by atoms with Crippen LogP contribution in [-0.4, -0.2) is 41.6 Å². The molecule has 0 heterocycles. The molecule has 7 heteroatoms. The molecule has 0 aromatic rings. The molecule has 0 saturated carbocycles. The van der Waals surface area contributed by atoms with Gasteiger partial charge < -0.3 is 20.9 Å². The van der Waals surface area contributed by atoms with E-state index in [4.69, 9.17) is 15.6 Å². The van der Waals surface area contributed by atoms with Gasteiger partial charge in [0.05, 0.1) is 12.6 Å². The van der Waals surface area contributed by atoms with Crippen LogP contribution in [0.1, 0.15) is 26.7 Å². The average molecular weight is 246 g/mol. The Morgan fingerprint density at radius 3 is 2.41 bits per heavy atom. The summed E-state index contributed by atoms with van der Waals surface area (Å²) >= 11 is 0. The molecule has 0 spiro atoms. The summed E-state index contributed by atoms with van der Waals surface area (Å²) in [6, 6.07) is -1.73. The third-order valence-corrected chi connectivity index (χ3v) is 1.95. The average Bonchev–Trinajstić information content (AvgIpc) is 2.23. The smallest absolute Gasteiger partial charge is 0.328 e. The fourth-order valence-corrected chi connectivity index (χ4v) is 1.06. The van der Waals surface area contributed by atoms with Crippen LogP contribution in [0.4, 0.5) is 0 Å². The fraction of sp³-hybridized carbons (Fsp3) is 0.700. The van der Waals surface area contributed by atoms with Crippen LogP contribution in [-0.2, 0) is 19.1 Å². The van der Waals surface area contributed by atoms with Crippen LogP contribution in [0.15, 0.2) is 0 Å². The minimum absolute atomic E-state index is 0.0212. The number of nitrogens with two attached hydrogens (primary N) is 1. The van der Waals surface area contributed by atoms with Crippen molar-refractivity contribution in [2.75, 3.05) is 6.61 Å². The Labute approximate surface area is 99.3 Å². The maximum atomic E-state index is 11.4. The van der Waals surface area contributed by atoms with Gasteiger partial charge in [0.15, 0.2) is 0 Å². The van der Waals surface area contributed by atoms with Gasteiger partial charge in [-0.2, -0.15) is 0 Å². The van der Waals surface area contributed by atoms with Gasteiger partial charge in [-0.1, -0.05) is 0 Å². The molecule has 2 atom stereocenters. The third-order valence-electron chi connectivity index (χ3n) is 1.95. The van der Waals surface area contributed by atoms with E-state index in [0.717, 1.165) is 0 Å². The van der Waals surface area contributed by atoms with Crippen molar-refractivity contribution in [1.82, 2.24) is 5.32 Å². The standard InChI is InChI=1S/C10H18N2O5/c1-3-17-10(16)7(4-5-8(13)14)12-9(15)6(2)11/h6-7H,3-5,11H2,1-2H3,(H,12,15)(H,13,14)/t6-,7-/m0/s1. The topological polar surface area (TPSA) is 119 Å². The highest BCUT2D eigenvalue weighted by Crippen LogP contribution is 2.01. The number of carbonyl (C=O) groups excluding carboxylic acids is 2. The Bertz CT molecular complexity index is 290. The molecule has 0 radical (unpaired) electrons. The number of amides is 1. The zero-order valence-electron chi connectivity index (χ0n) is 9.93. The Kier molecular flexibility index (Phi) is 6.88. The second kappa shape index (κ2) is 7.61. The first-order valence-electron chi connectivity index (χ1n) is 5.32. The van der Waals surface area contributed by atoms with E-state index in [9.17, 15) is 14.4 Å². The van der Waals surface area contributed by atoms with E-state index < -0.39 is 29.9 Å². The van der Waals surface area contributed by atoms with Gasteiger partial charge in [-0.25, -0.2) is 4.79 Å². The van der Waals surface area contributed by atoms with Gasteiger partial charge in [0.1, 0.15) is 6.04 Å². The number of hydrogen-bond donors (Lipinski definition) is 3. The highest BCUT2D eigenvalue weighted by atomic mass is 16.5. The maximum Gasteiger partial charge on any atom is 0.328 e. The predicted molar refractivity (Wildman–Crippen MR) is 59.1 cm³/mol. The lowest BCUT2D eigenvalue weighted by molar-refractivity contribution is -0.148. The minimum atomic E-state index is -1.05. The van der Waals surface area contributed by atoms with Crippen LogP contribution >= 0.6 is 0 Å². The van der Waals surface area contributed by atoms with Gasteiger partial charge in [0.2, 0.25) is 5.91 Å². The van der Waals surface area contributed by atoms with Crippen molar-refractivity contribution in [1.29, 1.82) is 0 Å². The summed E-state index contributed by atoms with van der Waals surface area (Å²) in [5.41, 5.74) is 5.33. The van der Waals surface area contributed by atoms with E-state index in [2.05, 4.69) is 5.32 Å². The molecule has 98 valence electrons. The quantitative estimate of drug-likeness (QED) is 0.508. The van der Waals surface area contributed by atoms with Crippen molar-refractivity contribution in [2.45, 2.75) is 38.8 Å². The molecule has 0 aromatic heterocycles. The molecule has 0 rings (SSSR count). The molecule has 17 heavy (non-hydrogen) atoms. The van der Waals surface area contributed by atoms with Gasteiger partial charge in [0.25, 0.3) is 0 Å². The monoisotopic (exact) mass is 246 g/mol. The summed E-state index contributed by atoms with van der Waals surface area (Å²) in [6.07, 6.45) is -0.255. The van der Waals surface area contributed by atoms with Gasteiger partial charge in [-0.3, -0.25) is 9.59 Å². The van der Waals surface area contributed by atoms with Crippen molar-refractivity contribution < 1.29 is 24.2 Å². The minimum Gasteiger partial charge on any atom is -0.481 e. The molecular weight excluding hydrogens is 228 g/mol. The summed E-state index contributed by atoms with van der Waals surface area (Å²) in [4.78, 5) is 33.2. The number of hydrogen-bond acceptors (Lipinski definition) is 5. The lowest BCUT2D eigenvalue weighted by atomic mass is 10.1. The van der Waals surface area contributed by atoms with E-state index in [0.29, 0.717) is 0 Å². The first kappa shape index (κ1) is 15.4. The number of aliphatic carboxylic acids is 1. The van der Waals surface area contributed by atoms with Crippen LogP contribution in [0, 0.1) is 0 Å². The van der Waals surface area contributed by atoms with Crippen LogP contribution in [0.5, 0.6) is 0 Å². The fourth-order valence-electron chi connectivity index (χ4n) is 1.06. The Morgan fingerprint density at radius 1 is 1.41 bits per heavy atom. The van der Waals surface area contributed by atoms with E-state index in [1.165, 1.54) is 6.92 Å². The SMILES string of the molecule is CCOC(=O)[C@H](CCC(=O)O)NC(=O)[C@H](C)N. The lowest BCUT2D eigenvalue weighted by Gasteiger charge is -2.17. The van der Waals surface area contributed by atoms with Crippen LogP contribution in [0.25, 0.3) is 0 Å². The molecule has 0 aliphatic heterocycles. The summed E-state index contributed by atoms with van der Waals surface area (Å²) in [7, 11) is 0. The van der Waals surface area contributed by atoms with Crippen molar-refractivity contribution in [3.8, 4) is 0 Å². The Balaban J connectivity index is 4.44. The van der Waals surface area contributed by atoms with Crippen molar-refractivity contribution in [3.63, 3.8) is 0 Å². The number of rotatable bonds is 7. The van der Waals surface area contributed by atoms with Gasteiger partial charge >= 0.3 is 11.9 Å². The van der Waals surface area contributed by atoms with Crippen molar-refractivity contribution in [3.05, 3.63) is 0 Å². The molecule has 4 N–H and O–H groups in total. The highest BCUT2D eigenvalue weighted by molar-refractivity contribution is 5.87. The van der Waals surface area contributed by atoms with E-state index in [1.807, 2.05) is 0 Å². The molecule has 7 nitrogen and oxygen atoms in total. The molecule has 0 unspecified atom stereocenters. The van der Waals surface area contributed by atoms with Crippen molar-refractivity contribution >= 4 is 17.8 Å². The molecule has 0 aromatic carbocycles. The maximum absolute atomic E-state index is 11.4. The summed E-state index contributed by atoms with van der Waals surface area (Å²) in [5, 5.41) is 10.9. The van der Waals surface area contributed by atoms with E-state index >= 15 is 0 Å². The van der Waals surface area contributed by atoms with Gasteiger partial charge in [0, 0.05) is 6.42 Å². The molecule has 0 saturated heterocycles. The zero-order chi connectivity index (χ0) is 13.4. The second-order valence-electron chi connectivity index (χ2n) is 3.53. The first-order valence-corrected chi connectivity index (χ1v) is 5.32. The summed E-state index contributed by atoms with van der Waals surface area (Å²) < 4.78 is 4.73. The van der Waals surface area contributed by atoms with Crippen LogP contribution < -0.4 is 11.1 Å². The summed E-state index contributed by atoms with van der Waals surface area (Å²) in [5.74, 6) is -2.22. The Morgan fingerprint density at radius 2 is 2.00 bits per heavy atom. The van der Waals surface area contributed by atoms with E-state index in [-0.39, 0.29) is 19.4 Å². The largest absolute Gasteiger partial charge is 0.481 e. The first-order chi connectivity index (χ1) is 7.88. The molecule has 0 aliphatic rings. The molecule has 1 amide bonds. The van der Waals surface area contributed by atoms with Crippen molar-refractivity contribution in [2.24, 2.45) is 5.73 Å². The normalized spacial score (nSPS) is 13.6. The Hall–Kier alpha value is -1.63. The van der Waals surface area contributed by atoms with E-state index in [1.54, 1.807) is 6.92 Å². The molecule has 0 aliphatic carbocycles. The number of carboxylic acids is 1.